The summed E-state index contributed by atoms with van der Waals surface area (Å²) in [6, 6.07) is 7.09. The first-order chi connectivity index (χ1) is 7.75. The van der Waals surface area contributed by atoms with Gasteiger partial charge in [0.25, 0.3) is 0 Å². The van der Waals surface area contributed by atoms with Crippen LogP contribution in [0.25, 0.3) is 0 Å². The lowest BCUT2D eigenvalue weighted by Crippen LogP contribution is -2.36. The van der Waals surface area contributed by atoms with E-state index in [0.29, 0.717) is 12.0 Å². The smallest absolute Gasteiger partial charge is 0.125 e. The van der Waals surface area contributed by atoms with Gasteiger partial charge in [-0.3, -0.25) is 0 Å². The van der Waals surface area contributed by atoms with Gasteiger partial charge in [0.05, 0.1) is 0 Å². The SMILES string of the molecule is CC(Nc1cccc(F)c1)C1CCNCC1. The zero-order valence-corrected chi connectivity index (χ0v) is 9.67. The molecule has 1 aromatic rings. The Morgan fingerprint density at radius 1 is 1.38 bits per heavy atom. The van der Waals surface area contributed by atoms with Crippen molar-refractivity contribution in [1.82, 2.24) is 5.32 Å². The summed E-state index contributed by atoms with van der Waals surface area (Å²) in [6.07, 6.45) is 2.40. The number of anilines is 1. The first kappa shape index (κ1) is 11.4. The molecular weight excluding hydrogens is 203 g/mol. The Morgan fingerprint density at radius 2 is 2.12 bits per heavy atom. The van der Waals surface area contributed by atoms with Gasteiger partial charge >= 0.3 is 0 Å². The van der Waals surface area contributed by atoms with Crippen molar-refractivity contribution in [2.24, 2.45) is 5.92 Å². The largest absolute Gasteiger partial charge is 0.382 e. The second kappa shape index (κ2) is 5.30. The Bertz CT molecular complexity index is 334. The number of nitrogens with one attached hydrogen (secondary N) is 2. The molecule has 1 aliphatic rings. The Hall–Kier alpha value is -1.09. The van der Waals surface area contributed by atoms with Gasteiger partial charge < -0.3 is 10.6 Å². The predicted octanol–water partition coefficient (Wildman–Crippen LogP) is 2.63. The number of piperidine rings is 1. The fourth-order valence-corrected chi connectivity index (χ4v) is 2.30. The van der Waals surface area contributed by atoms with Crippen molar-refractivity contribution < 1.29 is 4.39 Å². The van der Waals surface area contributed by atoms with Crippen molar-refractivity contribution in [3.8, 4) is 0 Å². The summed E-state index contributed by atoms with van der Waals surface area (Å²) in [5.41, 5.74) is 0.881. The Morgan fingerprint density at radius 3 is 2.81 bits per heavy atom. The van der Waals surface area contributed by atoms with Gasteiger partial charge in [0.2, 0.25) is 0 Å². The van der Waals surface area contributed by atoms with Crippen molar-refractivity contribution >= 4 is 5.69 Å². The van der Waals surface area contributed by atoms with E-state index >= 15 is 0 Å². The molecule has 0 bridgehead atoms. The maximum absolute atomic E-state index is 13.0. The van der Waals surface area contributed by atoms with Gasteiger partial charge in [-0.25, -0.2) is 4.39 Å². The van der Waals surface area contributed by atoms with Crippen molar-refractivity contribution in [2.75, 3.05) is 18.4 Å². The molecular formula is C13H19FN2. The topological polar surface area (TPSA) is 24.1 Å². The molecule has 0 amide bonds. The Kier molecular flexibility index (Phi) is 3.78. The molecule has 1 saturated heterocycles. The molecule has 1 heterocycles. The van der Waals surface area contributed by atoms with Gasteiger partial charge in [-0.2, -0.15) is 0 Å². The zero-order valence-electron chi connectivity index (χ0n) is 9.67. The van der Waals surface area contributed by atoms with E-state index in [0.717, 1.165) is 18.8 Å². The van der Waals surface area contributed by atoms with Crippen LogP contribution in [0.2, 0.25) is 0 Å². The quantitative estimate of drug-likeness (QED) is 0.821. The average Bonchev–Trinajstić information content (AvgIpc) is 2.30. The van der Waals surface area contributed by atoms with Crippen molar-refractivity contribution in [1.29, 1.82) is 0 Å². The highest BCUT2D eigenvalue weighted by Gasteiger charge is 2.19. The molecule has 1 aromatic carbocycles. The first-order valence-corrected chi connectivity index (χ1v) is 5.98. The second-order valence-electron chi connectivity index (χ2n) is 4.53. The lowest BCUT2D eigenvalue weighted by molar-refractivity contribution is 0.343. The maximum atomic E-state index is 13.0. The van der Waals surface area contributed by atoms with Crippen LogP contribution in [0.5, 0.6) is 0 Å². The van der Waals surface area contributed by atoms with Crippen LogP contribution in [0.15, 0.2) is 24.3 Å². The fourth-order valence-electron chi connectivity index (χ4n) is 2.30. The van der Waals surface area contributed by atoms with E-state index < -0.39 is 0 Å². The van der Waals surface area contributed by atoms with Crippen LogP contribution < -0.4 is 10.6 Å². The molecule has 16 heavy (non-hydrogen) atoms. The van der Waals surface area contributed by atoms with E-state index in [1.807, 2.05) is 6.07 Å². The molecule has 2 N–H and O–H groups in total. The molecule has 1 atom stereocenters. The number of benzene rings is 1. The van der Waals surface area contributed by atoms with E-state index in [2.05, 4.69) is 17.6 Å². The van der Waals surface area contributed by atoms with Gasteiger partial charge in [0.15, 0.2) is 0 Å². The highest BCUT2D eigenvalue weighted by atomic mass is 19.1. The molecule has 0 aromatic heterocycles. The molecule has 3 heteroatoms. The van der Waals surface area contributed by atoms with Crippen LogP contribution in [0.1, 0.15) is 19.8 Å². The van der Waals surface area contributed by atoms with Crippen LogP contribution in [-0.2, 0) is 0 Å². The summed E-state index contributed by atoms with van der Waals surface area (Å²) in [5, 5.41) is 6.74. The molecule has 2 nitrogen and oxygen atoms in total. The molecule has 0 aliphatic carbocycles. The van der Waals surface area contributed by atoms with Gasteiger partial charge in [-0.05, 0) is 57.0 Å². The van der Waals surface area contributed by atoms with Crippen LogP contribution >= 0.6 is 0 Å². The minimum Gasteiger partial charge on any atom is -0.382 e. The minimum atomic E-state index is -0.178. The highest BCUT2D eigenvalue weighted by molar-refractivity contribution is 5.43. The van der Waals surface area contributed by atoms with Gasteiger partial charge in [-0.15, -0.1) is 0 Å². The highest BCUT2D eigenvalue weighted by Crippen LogP contribution is 2.20. The molecule has 2 rings (SSSR count). The Balaban J connectivity index is 1.93. The van der Waals surface area contributed by atoms with Gasteiger partial charge in [0.1, 0.15) is 5.82 Å². The third-order valence-corrected chi connectivity index (χ3v) is 3.31. The zero-order chi connectivity index (χ0) is 11.4. The first-order valence-electron chi connectivity index (χ1n) is 5.98. The second-order valence-corrected chi connectivity index (χ2v) is 4.53. The molecule has 1 aliphatic heterocycles. The van der Waals surface area contributed by atoms with E-state index in [1.54, 1.807) is 12.1 Å². The fraction of sp³-hybridized carbons (Fsp3) is 0.538. The summed E-state index contributed by atoms with van der Waals surface area (Å²) in [4.78, 5) is 0. The van der Waals surface area contributed by atoms with Gasteiger partial charge in [-0.1, -0.05) is 6.07 Å². The molecule has 88 valence electrons. The van der Waals surface area contributed by atoms with Crippen LogP contribution in [0.3, 0.4) is 0 Å². The molecule has 1 fully saturated rings. The number of rotatable bonds is 3. The van der Waals surface area contributed by atoms with E-state index in [9.17, 15) is 4.39 Å². The van der Waals surface area contributed by atoms with Crippen LogP contribution in [0, 0.1) is 11.7 Å². The third-order valence-electron chi connectivity index (χ3n) is 3.31. The molecule has 0 spiro atoms. The minimum absolute atomic E-state index is 0.178. The molecule has 0 radical (unpaired) electrons. The molecule has 0 saturated carbocycles. The van der Waals surface area contributed by atoms with Gasteiger partial charge in [0, 0.05) is 11.7 Å². The summed E-state index contributed by atoms with van der Waals surface area (Å²) >= 11 is 0. The Labute approximate surface area is 96.2 Å². The maximum Gasteiger partial charge on any atom is 0.125 e. The molecule has 1 unspecified atom stereocenters. The summed E-state index contributed by atoms with van der Waals surface area (Å²) in [6.45, 7) is 4.38. The number of halogens is 1. The van der Waals surface area contributed by atoms with Crippen LogP contribution in [0.4, 0.5) is 10.1 Å². The predicted molar refractivity (Wildman–Crippen MR) is 65.1 cm³/mol. The van der Waals surface area contributed by atoms with E-state index in [-0.39, 0.29) is 5.82 Å². The third kappa shape index (κ3) is 2.95. The standard InChI is InChI=1S/C13H19FN2/c1-10(11-5-7-15-8-6-11)16-13-4-2-3-12(14)9-13/h2-4,9-11,15-16H,5-8H2,1H3. The summed E-state index contributed by atoms with van der Waals surface area (Å²) < 4.78 is 13.0. The van der Waals surface area contributed by atoms with Crippen molar-refractivity contribution in [3.63, 3.8) is 0 Å². The summed E-state index contributed by atoms with van der Waals surface area (Å²) in [7, 11) is 0. The number of hydrogen-bond acceptors (Lipinski definition) is 2. The lowest BCUT2D eigenvalue weighted by atomic mass is 9.91. The van der Waals surface area contributed by atoms with E-state index in [4.69, 9.17) is 0 Å². The number of hydrogen-bond donors (Lipinski definition) is 2. The van der Waals surface area contributed by atoms with Crippen molar-refractivity contribution in [3.05, 3.63) is 30.1 Å². The van der Waals surface area contributed by atoms with E-state index in [1.165, 1.54) is 18.9 Å². The summed E-state index contributed by atoms with van der Waals surface area (Å²) in [5.74, 6) is 0.507. The average molecular weight is 222 g/mol. The van der Waals surface area contributed by atoms with Crippen molar-refractivity contribution in [2.45, 2.75) is 25.8 Å². The van der Waals surface area contributed by atoms with Crippen LogP contribution in [-0.4, -0.2) is 19.1 Å². The lowest BCUT2D eigenvalue weighted by Gasteiger charge is -2.29. The normalized spacial score (nSPS) is 19.4. The monoisotopic (exact) mass is 222 g/mol.